The molecule has 0 aliphatic rings. The van der Waals surface area contributed by atoms with E-state index in [2.05, 4.69) is 47.1 Å². The molecule has 1 aromatic heterocycles. The van der Waals surface area contributed by atoms with E-state index in [4.69, 9.17) is 10.3 Å². The topological polar surface area (TPSA) is 52.0 Å². The van der Waals surface area contributed by atoms with E-state index in [0.29, 0.717) is 11.6 Å². The summed E-state index contributed by atoms with van der Waals surface area (Å²) in [7, 11) is 0. The number of nitrogen functional groups attached to an aromatic ring is 1. The predicted molar refractivity (Wildman–Crippen MR) is 89.0 cm³/mol. The lowest BCUT2D eigenvalue weighted by molar-refractivity contribution is 0.436. The molecule has 106 valence electrons. The maximum atomic E-state index is 6.03. The fourth-order valence-corrected chi connectivity index (χ4v) is 2.77. The van der Waals surface area contributed by atoms with Crippen molar-refractivity contribution in [3.63, 3.8) is 0 Å². The number of hydrogen-bond donors (Lipinski definition) is 1. The van der Waals surface area contributed by atoms with E-state index in [1.165, 1.54) is 11.1 Å². The molecule has 0 amide bonds. The Morgan fingerprint density at radius 1 is 1.05 bits per heavy atom. The molecule has 2 aromatic carbocycles. The van der Waals surface area contributed by atoms with E-state index < -0.39 is 0 Å². The average molecular weight is 343 g/mol. The van der Waals surface area contributed by atoms with Gasteiger partial charge in [-0.15, -0.1) is 0 Å². The standard InChI is InChI=1S/C17H15BrN2O/c1-10-7-8-12(9-11(10)2)15-16(21-20-17(15)19)13-5-3-4-6-14(13)18/h3-9H,1-2H3,(H2,19,20). The zero-order chi connectivity index (χ0) is 15.0. The molecule has 0 bridgehead atoms. The highest BCUT2D eigenvalue weighted by Gasteiger charge is 2.19. The largest absolute Gasteiger partial charge is 0.380 e. The third-order valence-electron chi connectivity index (χ3n) is 3.63. The second kappa shape index (κ2) is 5.37. The van der Waals surface area contributed by atoms with Gasteiger partial charge in [-0.05, 0) is 42.7 Å². The molecule has 4 heteroatoms. The fourth-order valence-electron chi connectivity index (χ4n) is 2.31. The van der Waals surface area contributed by atoms with Crippen LogP contribution in [0.4, 0.5) is 5.82 Å². The van der Waals surface area contributed by atoms with Gasteiger partial charge in [0.1, 0.15) is 0 Å². The molecule has 0 saturated heterocycles. The van der Waals surface area contributed by atoms with Gasteiger partial charge in [0.2, 0.25) is 0 Å². The van der Waals surface area contributed by atoms with Crippen molar-refractivity contribution in [2.75, 3.05) is 5.73 Å². The van der Waals surface area contributed by atoms with E-state index in [-0.39, 0.29) is 0 Å². The molecular formula is C17H15BrN2O. The Hall–Kier alpha value is -2.07. The van der Waals surface area contributed by atoms with Crippen molar-refractivity contribution in [1.29, 1.82) is 0 Å². The predicted octanol–water partition coefficient (Wildman–Crippen LogP) is 4.97. The van der Waals surface area contributed by atoms with Gasteiger partial charge in [0, 0.05) is 10.0 Å². The minimum absolute atomic E-state index is 0.406. The molecule has 0 unspecified atom stereocenters. The molecule has 0 saturated carbocycles. The van der Waals surface area contributed by atoms with Crippen molar-refractivity contribution in [1.82, 2.24) is 5.16 Å². The summed E-state index contributed by atoms with van der Waals surface area (Å²) in [6.45, 7) is 4.17. The van der Waals surface area contributed by atoms with E-state index in [0.717, 1.165) is 21.2 Å². The normalized spacial score (nSPS) is 10.8. The van der Waals surface area contributed by atoms with Crippen LogP contribution >= 0.6 is 15.9 Å². The molecule has 21 heavy (non-hydrogen) atoms. The molecule has 0 fully saturated rings. The second-order valence-corrected chi connectivity index (χ2v) is 5.91. The molecule has 3 rings (SSSR count). The van der Waals surface area contributed by atoms with Crippen LogP contribution in [0.3, 0.4) is 0 Å². The second-order valence-electron chi connectivity index (χ2n) is 5.05. The lowest BCUT2D eigenvalue weighted by atomic mass is 9.98. The average Bonchev–Trinajstić information content (AvgIpc) is 2.84. The van der Waals surface area contributed by atoms with Crippen molar-refractivity contribution < 1.29 is 4.52 Å². The Morgan fingerprint density at radius 3 is 2.52 bits per heavy atom. The van der Waals surface area contributed by atoms with Gasteiger partial charge in [-0.1, -0.05) is 51.4 Å². The minimum Gasteiger partial charge on any atom is -0.380 e. The van der Waals surface area contributed by atoms with E-state index in [9.17, 15) is 0 Å². The molecule has 0 aliphatic heterocycles. The first-order valence-electron chi connectivity index (χ1n) is 6.65. The van der Waals surface area contributed by atoms with Gasteiger partial charge in [-0.2, -0.15) is 0 Å². The lowest BCUT2D eigenvalue weighted by Crippen LogP contribution is -1.90. The lowest BCUT2D eigenvalue weighted by Gasteiger charge is -2.07. The van der Waals surface area contributed by atoms with Gasteiger partial charge < -0.3 is 10.3 Å². The van der Waals surface area contributed by atoms with Crippen LogP contribution in [0, 0.1) is 13.8 Å². The van der Waals surface area contributed by atoms with Crippen molar-refractivity contribution in [2.45, 2.75) is 13.8 Å². The maximum Gasteiger partial charge on any atom is 0.178 e. The van der Waals surface area contributed by atoms with E-state index >= 15 is 0 Å². The number of aromatic nitrogens is 1. The quantitative estimate of drug-likeness (QED) is 0.715. The van der Waals surface area contributed by atoms with Crippen molar-refractivity contribution in [3.8, 4) is 22.5 Å². The van der Waals surface area contributed by atoms with Crippen molar-refractivity contribution >= 4 is 21.7 Å². The summed E-state index contributed by atoms with van der Waals surface area (Å²) in [5.41, 5.74) is 11.3. The Bertz CT molecular complexity index is 808. The SMILES string of the molecule is Cc1ccc(-c2c(N)noc2-c2ccccc2Br)cc1C. The van der Waals surface area contributed by atoms with Gasteiger partial charge in [0.15, 0.2) is 11.6 Å². The van der Waals surface area contributed by atoms with Crippen LogP contribution in [0.25, 0.3) is 22.5 Å². The van der Waals surface area contributed by atoms with Crippen LogP contribution in [-0.2, 0) is 0 Å². The number of hydrogen-bond acceptors (Lipinski definition) is 3. The summed E-state index contributed by atoms with van der Waals surface area (Å²) >= 11 is 3.55. The smallest absolute Gasteiger partial charge is 0.178 e. The number of halogens is 1. The van der Waals surface area contributed by atoms with Gasteiger partial charge in [0.05, 0.1) is 5.56 Å². The number of aryl methyl sites for hydroxylation is 2. The van der Waals surface area contributed by atoms with Crippen molar-refractivity contribution in [2.24, 2.45) is 0 Å². The summed E-state index contributed by atoms with van der Waals surface area (Å²) in [5.74, 6) is 1.09. The van der Waals surface area contributed by atoms with E-state index in [1.54, 1.807) is 0 Å². The zero-order valence-corrected chi connectivity index (χ0v) is 13.4. The van der Waals surface area contributed by atoms with Gasteiger partial charge in [-0.3, -0.25) is 0 Å². The van der Waals surface area contributed by atoms with Crippen LogP contribution in [0.15, 0.2) is 51.5 Å². The third-order valence-corrected chi connectivity index (χ3v) is 4.32. The number of nitrogens with zero attached hydrogens (tertiary/aromatic N) is 1. The fraction of sp³-hybridized carbons (Fsp3) is 0.118. The first-order chi connectivity index (χ1) is 10.1. The van der Waals surface area contributed by atoms with Crippen LogP contribution in [0.1, 0.15) is 11.1 Å². The first kappa shape index (κ1) is 13.9. The molecular weight excluding hydrogens is 328 g/mol. The Balaban J connectivity index is 2.22. The first-order valence-corrected chi connectivity index (χ1v) is 7.45. The molecule has 0 atom stereocenters. The highest BCUT2D eigenvalue weighted by molar-refractivity contribution is 9.10. The highest BCUT2D eigenvalue weighted by atomic mass is 79.9. The summed E-state index contributed by atoms with van der Waals surface area (Å²) < 4.78 is 6.43. The maximum absolute atomic E-state index is 6.03. The highest BCUT2D eigenvalue weighted by Crippen LogP contribution is 2.39. The van der Waals surface area contributed by atoms with E-state index in [1.807, 2.05) is 30.3 Å². The van der Waals surface area contributed by atoms with Crippen LogP contribution in [0.2, 0.25) is 0 Å². The molecule has 0 aliphatic carbocycles. The molecule has 3 nitrogen and oxygen atoms in total. The summed E-state index contributed by atoms with van der Waals surface area (Å²) in [5, 5.41) is 3.94. The number of nitrogens with two attached hydrogens (primary N) is 1. The summed E-state index contributed by atoms with van der Waals surface area (Å²) in [4.78, 5) is 0. The molecule has 2 N–H and O–H groups in total. The van der Waals surface area contributed by atoms with Gasteiger partial charge >= 0.3 is 0 Å². The van der Waals surface area contributed by atoms with Gasteiger partial charge in [0.25, 0.3) is 0 Å². The number of benzene rings is 2. The Morgan fingerprint density at radius 2 is 1.81 bits per heavy atom. The Labute approximate surface area is 131 Å². The minimum atomic E-state index is 0.406. The summed E-state index contributed by atoms with van der Waals surface area (Å²) in [6, 6.07) is 14.1. The molecule has 3 aromatic rings. The zero-order valence-electron chi connectivity index (χ0n) is 11.9. The van der Waals surface area contributed by atoms with Crippen LogP contribution in [0.5, 0.6) is 0 Å². The molecule has 1 heterocycles. The molecule has 0 spiro atoms. The van der Waals surface area contributed by atoms with Crippen LogP contribution in [-0.4, -0.2) is 5.16 Å². The summed E-state index contributed by atoms with van der Waals surface area (Å²) in [6.07, 6.45) is 0. The molecule has 0 radical (unpaired) electrons. The monoisotopic (exact) mass is 342 g/mol. The number of rotatable bonds is 2. The van der Waals surface area contributed by atoms with Gasteiger partial charge in [-0.25, -0.2) is 0 Å². The third kappa shape index (κ3) is 2.47. The van der Waals surface area contributed by atoms with Crippen LogP contribution < -0.4 is 5.73 Å². The van der Waals surface area contributed by atoms with Crippen molar-refractivity contribution in [3.05, 3.63) is 58.1 Å². The Kier molecular flexibility index (Phi) is 3.55. The number of anilines is 1.